The van der Waals surface area contributed by atoms with Gasteiger partial charge in [0.15, 0.2) is 5.78 Å². The standard InChI is InChI=1S/C15H20O6/c1-4-20-15(17)10-13(16)12-6-5-11(19-3)9-14(12)21-8-7-18-2/h5-6,9H,4,7-8,10H2,1-3H3. The van der Waals surface area contributed by atoms with E-state index in [-0.39, 0.29) is 18.8 Å². The average Bonchev–Trinajstić information content (AvgIpc) is 2.47. The number of esters is 1. The van der Waals surface area contributed by atoms with Gasteiger partial charge in [0.05, 0.1) is 25.9 Å². The van der Waals surface area contributed by atoms with Gasteiger partial charge in [-0.3, -0.25) is 9.59 Å². The van der Waals surface area contributed by atoms with E-state index in [4.69, 9.17) is 18.9 Å². The van der Waals surface area contributed by atoms with Crippen LogP contribution in [-0.2, 0) is 14.3 Å². The van der Waals surface area contributed by atoms with E-state index in [9.17, 15) is 9.59 Å². The van der Waals surface area contributed by atoms with Crippen molar-refractivity contribution in [1.82, 2.24) is 0 Å². The summed E-state index contributed by atoms with van der Waals surface area (Å²) in [5.74, 6) is 0.0143. The molecule has 0 aliphatic heterocycles. The Morgan fingerprint density at radius 3 is 2.52 bits per heavy atom. The first kappa shape index (κ1) is 17.0. The quantitative estimate of drug-likeness (QED) is 0.300. The summed E-state index contributed by atoms with van der Waals surface area (Å²) in [5, 5.41) is 0. The van der Waals surface area contributed by atoms with Gasteiger partial charge in [0.1, 0.15) is 24.5 Å². The summed E-state index contributed by atoms with van der Waals surface area (Å²) in [6.45, 7) is 2.62. The Hall–Kier alpha value is -2.08. The molecule has 0 heterocycles. The van der Waals surface area contributed by atoms with Gasteiger partial charge in [-0.25, -0.2) is 0 Å². The fourth-order valence-electron chi connectivity index (χ4n) is 1.65. The normalized spacial score (nSPS) is 10.0. The van der Waals surface area contributed by atoms with Crippen LogP contribution < -0.4 is 9.47 Å². The van der Waals surface area contributed by atoms with Crippen LogP contribution in [-0.4, -0.2) is 45.8 Å². The lowest BCUT2D eigenvalue weighted by Crippen LogP contribution is -2.13. The van der Waals surface area contributed by atoms with Crippen molar-refractivity contribution in [3.05, 3.63) is 23.8 Å². The Balaban J connectivity index is 2.87. The van der Waals surface area contributed by atoms with Crippen molar-refractivity contribution in [2.24, 2.45) is 0 Å². The predicted octanol–water partition coefficient (Wildman–Crippen LogP) is 1.86. The van der Waals surface area contributed by atoms with Crippen molar-refractivity contribution < 1.29 is 28.5 Å². The Labute approximate surface area is 123 Å². The molecule has 1 aromatic rings. The first-order valence-corrected chi connectivity index (χ1v) is 6.61. The highest BCUT2D eigenvalue weighted by Gasteiger charge is 2.18. The van der Waals surface area contributed by atoms with Crippen molar-refractivity contribution in [2.45, 2.75) is 13.3 Å². The van der Waals surface area contributed by atoms with E-state index in [1.54, 1.807) is 32.2 Å². The zero-order valence-corrected chi connectivity index (χ0v) is 12.5. The Bertz CT molecular complexity index is 483. The van der Waals surface area contributed by atoms with Gasteiger partial charge in [-0.05, 0) is 19.1 Å². The van der Waals surface area contributed by atoms with E-state index < -0.39 is 5.97 Å². The molecule has 0 bridgehead atoms. The predicted molar refractivity (Wildman–Crippen MR) is 75.9 cm³/mol. The number of rotatable bonds is 9. The van der Waals surface area contributed by atoms with Crippen LogP contribution in [0.15, 0.2) is 18.2 Å². The number of carbonyl (C=O) groups excluding carboxylic acids is 2. The second-order valence-corrected chi connectivity index (χ2v) is 4.11. The molecule has 21 heavy (non-hydrogen) atoms. The van der Waals surface area contributed by atoms with Crippen LogP contribution in [0.4, 0.5) is 0 Å². The van der Waals surface area contributed by atoms with E-state index >= 15 is 0 Å². The summed E-state index contributed by atoms with van der Waals surface area (Å²) in [6.07, 6.45) is -0.319. The Kier molecular flexibility index (Phi) is 7.25. The molecule has 0 saturated heterocycles. The lowest BCUT2D eigenvalue weighted by Gasteiger charge is -2.12. The van der Waals surface area contributed by atoms with E-state index in [2.05, 4.69) is 0 Å². The minimum Gasteiger partial charge on any atom is -0.497 e. The molecule has 0 amide bonds. The zero-order valence-electron chi connectivity index (χ0n) is 12.5. The Morgan fingerprint density at radius 1 is 1.14 bits per heavy atom. The minimum absolute atomic E-state index is 0.242. The molecule has 0 spiro atoms. The fourth-order valence-corrected chi connectivity index (χ4v) is 1.65. The van der Waals surface area contributed by atoms with Gasteiger partial charge >= 0.3 is 5.97 Å². The van der Waals surface area contributed by atoms with Crippen molar-refractivity contribution in [1.29, 1.82) is 0 Å². The molecule has 1 aromatic carbocycles. The van der Waals surface area contributed by atoms with Crippen LogP contribution in [0.2, 0.25) is 0 Å². The highest BCUT2D eigenvalue weighted by molar-refractivity contribution is 6.07. The van der Waals surface area contributed by atoms with Gasteiger partial charge in [-0.1, -0.05) is 0 Å². The fraction of sp³-hybridized carbons (Fsp3) is 0.467. The maximum absolute atomic E-state index is 12.1. The van der Waals surface area contributed by atoms with Crippen LogP contribution in [0.3, 0.4) is 0 Å². The molecule has 6 nitrogen and oxygen atoms in total. The molecule has 6 heteroatoms. The number of benzene rings is 1. The monoisotopic (exact) mass is 296 g/mol. The molecule has 0 N–H and O–H groups in total. The van der Waals surface area contributed by atoms with Gasteiger partial charge in [0.25, 0.3) is 0 Å². The number of hydrogen-bond acceptors (Lipinski definition) is 6. The maximum Gasteiger partial charge on any atom is 0.313 e. The summed E-state index contributed by atoms with van der Waals surface area (Å²) >= 11 is 0. The van der Waals surface area contributed by atoms with Gasteiger partial charge in [-0.15, -0.1) is 0 Å². The summed E-state index contributed by atoms with van der Waals surface area (Å²) in [4.78, 5) is 23.5. The van der Waals surface area contributed by atoms with Crippen LogP contribution >= 0.6 is 0 Å². The van der Waals surface area contributed by atoms with E-state index in [1.165, 1.54) is 7.11 Å². The number of Topliss-reactive ketones (excluding diaryl/α,β-unsaturated/α-hetero) is 1. The molecule has 0 saturated carbocycles. The van der Waals surface area contributed by atoms with Gasteiger partial charge < -0.3 is 18.9 Å². The topological polar surface area (TPSA) is 71.1 Å². The average molecular weight is 296 g/mol. The number of ketones is 1. The molecule has 0 aliphatic carbocycles. The second kappa shape index (κ2) is 8.97. The first-order chi connectivity index (χ1) is 10.1. The Morgan fingerprint density at radius 2 is 1.90 bits per heavy atom. The largest absolute Gasteiger partial charge is 0.497 e. The summed E-state index contributed by atoms with van der Waals surface area (Å²) in [5.41, 5.74) is 0.319. The number of hydrogen-bond donors (Lipinski definition) is 0. The second-order valence-electron chi connectivity index (χ2n) is 4.11. The maximum atomic E-state index is 12.1. The van der Waals surface area contributed by atoms with Crippen LogP contribution in [0.1, 0.15) is 23.7 Å². The number of ether oxygens (including phenoxy) is 4. The van der Waals surface area contributed by atoms with Crippen LogP contribution in [0.25, 0.3) is 0 Å². The van der Waals surface area contributed by atoms with Crippen molar-refractivity contribution in [2.75, 3.05) is 34.0 Å². The molecular formula is C15H20O6. The van der Waals surface area contributed by atoms with E-state index in [0.29, 0.717) is 30.3 Å². The van der Waals surface area contributed by atoms with Crippen molar-refractivity contribution in [3.63, 3.8) is 0 Å². The highest BCUT2D eigenvalue weighted by atomic mass is 16.5. The molecule has 1 rings (SSSR count). The SMILES string of the molecule is CCOC(=O)CC(=O)c1ccc(OC)cc1OCCOC. The molecule has 0 aliphatic rings. The molecule has 0 atom stereocenters. The van der Waals surface area contributed by atoms with Gasteiger partial charge in [0, 0.05) is 13.2 Å². The molecule has 0 radical (unpaired) electrons. The van der Waals surface area contributed by atoms with E-state index in [0.717, 1.165) is 0 Å². The zero-order chi connectivity index (χ0) is 15.7. The molecular weight excluding hydrogens is 276 g/mol. The molecule has 0 unspecified atom stereocenters. The smallest absolute Gasteiger partial charge is 0.313 e. The van der Waals surface area contributed by atoms with Crippen LogP contribution in [0, 0.1) is 0 Å². The lowest BCUT2D eigenvalue weighted by molar-refractivity contribution is -0.141. The summed E-state index contributed by atoms with van der Waals surface area (Å²) < 4.78 is 20.3. The van der Waals surface area contributed by atoms with Crippen molar-refractivity contribution in [3.8, 4) is 11.5 Å². The number of methoxy groups -OCH3 is 2. The molecule has 116 valence electrons. The highest BCUT2D eigenvalue weighted by Crippen LogP contribution is 2.26. The lowest BCUT2D eigenvalue weighted by atomic mass is 10.1. The van der Waals surface area contributed by atoms with Gasteiger partial charge in [-0.2, -0.15) is 0 Å². The third-order valence-electron chi connectivity index (χ3n) is 2.64. The molecule has 0 fully saturated rings. The van der Waals surface area contributed by atoms with Crippen LogP contribution in [0.5, 0.6) is 11.5 Å². The third kappa shape index (κ3) is 5.43. The van der Waals surface area contributed by atoms with Gasteiger partial charge in [0.2, 0.25) is 0 Å². The summed E-state index contributed by atoms with van der Waals surface area (Å²) in [6, 6.07) is 4.82. The minimum atomic E-state index is -0.554. The third-order valence-corrected chi connectivity index (χ3v) is 2.64. The molecule has 0 aromatic heterocycles. The van der Waals surface area contributed by atoms with Crippen molar-refractivity contribution >= 4 is 11.8 Å². The van der Waals surface area contributed by atoms with E-state index in [1.807, 2.05) is 0 Å². The summed E-state index contributed by atoms with van der Waals surface area (Å²) in [7, 11) is 3.08. The first-order valence-electron chi connectivity index (χ1n) is 6.61. The number of carbonyl (C=O) groups is 2.